The summed E-state index contributed by atoms with van der Waals surface area (Å²) < 4.78 is 1.24. The van der Waals surface area contributed by atoms with Crippen LogP contribution in [-0.4, -0.2) is 11.7 Å². The molecule has 0 aliphatic carbocycles. The number of rotatable bonds is 2. The highest BCUT2D eigenvalue weighted by Crippen LogP contribution is 2.33. The Labute approximate surface area is 87.0 Å². The maximum atomic E-state index is 9.02. The van der Waals surface area contributed by atoms with Crippen LogP contribution in [0.3, 0.4) is 0 Å². The number of benzene rings is 1. The first-order valence-corrected chi connectivity index (χ1v) is 5.40. The van der Waals surface area contributed by atoms with Crippen molar-refractivity contribution in [3.63, 3.8) is 0 Å². The first-order valence-electron chi connectivity index (χ1n) is 4.58. The predicted octanol–water partition coefficient (Wildman–Crippen LogP) is 2.20. The van der Waals surface area contributed by atoms with E-state index in [9.17, 15) is 0 Å². The molecule has 0 radical (unpaired) electrons. The van der Waals surface area contributed by atoms with Crippen LogP contribution in [0.15, 0.2) is 24.3 Å². The Bertz CT molecular complexity index is 449. The normalized spacial score (nSPS) is 13.4. The molecule has 0 saturated carbocycles. The fraction of sp³-hybridized carbons (Fsp3) is 0.273. The standard InChI is InChI=1S/C11H13NOS/c1-7-8-4-2-3-5-10(8)14-11(7)9(12)6-13/h2-5,9,13H,6,12H2,1H3/t9-/m1/s1. The van der Waals surface area contributed by atoms with E-state index in [1.54, 1.807) is 11.3 Å². The lowest BCUT2D eigenvalue weighted by Gasteiger charge is -2.05. The first-order chi connectivity index (χ1) is 6.74. The van der Waals surface area contributed by atoms with Crippen LogP contribution >= 0.6 is 11.3 Å². The Morgan fingerprint density at radius 1 is 1.43 bits per heavy atom. The molecule has 1 atom stereocenters. The van der Waals surface area contributed by atoms with Gasteiger partial charge in [-0.1, -0.05) is 18.2 Å². The molecule has 2 aromatic rings. The van der Waals surface area contributed by atoms with Crippen LogP contribution in [0.2, 0.25) is 0 Å². The number of fused-ring (bicyclic) bond motifs is 1. The molecule has 0 spiro atoms. The van der Waals surface area contributed by atoms with E-state index < -0.39 is 0 Å². The van der Waals surface area contributed by atoms with Gasteiger partial charge in [-0.15, -0.1) is 11.3 Å². The summed E-state index contributed by atoms with van der Waals surface area (Å²) in [4.78, 5) is 1.09. The van der Waals surface area contributed by atoms with Crippen LogP contribution in [0.5, 0.6) is 0 Å². The molecule has 2 rings (SSSR count). The van der Waals surface area contributed by atoms with Gasteiger partial charge < -0.3 is 10.8 Å². The van der Waals surface area contributed by atoms with Crippen LogP contribution in [0.25, 0.3) is 10.1 Å². The molecule has 0 amide bonds. The fourth-order valence-corrected chi connectivity index (χ4v) is 2.83. The maximum absolute atomic E-state index is 9.02. The summed E-state index contributed by atoms with van der Waals surface area (Å²) in [6.45, 7) is 2.07. The van der Waals surface area contributed by atoms with Crippen molar-refractivity contribution in [3.05, 3.63) is 34.7 Å². The van der Waals surface area contributed by atoms with E-state index in [4.69, 9.17) is 10.8 Å². The van der Waals surface area contributed by atoms with Crippen LogP contribution in [0.4, 0.5) is 0 Å². The third-order valence-electron chi connectivity index (χ3n) is 2.41. The van der Waals surface area contributed by atoms with Crippen molar-refractivity contribution in [1.82, 2.24) is 0 Å². The predicted molar refractivity (Wildman–Crippen MR) is 60.6 cm³/mol. The summed E-state index contributed by atoms with van der Waals surface area (Å²) in [7, 11) is 0. The number of thiophene rings is 1. The van der Waals surface area contributed by atoms with Crippen LogP contribution in [-0.2, 0) is 0 Å². The van der Waals surface area contributed by atoms with Crippen molar-refractivity contribution < 1.29 is 5.11 Å². The lowest BCUT2D eigenvalue weighted by atomic mass is 10.1. The molecule has 0 aliphatic rings. The Kier molecular flexibility index (Phi) is 2.54. The summed E-state index contributed by atoms with van der Waals surface area (Å²) >= 11 is 1.67. The number of aryl methyl sites for hydroxylation is 1. The zero-order chi connectivity index (χ0) is 10.1. The molecule has 0 bridgehead atoms. The fourth-order valence-electron chi connectivity index (χ4n) is 1.63. The second-order valence-electron chi connectivity index (χ2n) is 3.38. The minimum Gasteiger partial charge on any atom is -0.394 e. The molecule has 0 aliphatic heterocycles. The zero-order valence-electron chi connectivity index (χ0n) is 8.03. The van der Waals surface area contributed by atoms with E-state index in [1.165, 1.54) is 15.6 Å². The van der Waals surface area contributed by atoms with Crippen molar-refractivity contribution in [2.24, 2.45) is 5.73 Å². The highest BCUT2D eigenvalue weighted by molar-refractivity contribution is 7.19. The summed E-state index contributed by atoms with van der Waals surface area (Å²) in [6.07, 6.45) is 0. The molecule has 0 saturated heterocycles. The average Bonchev–Trinajstić information content (AvgIpc) is 2.56. The smallest absolute Gasteiger partial charge is 0.0632 e. The molecular weight excluding hydrogens is 194 g/mol. The van der Waals surface area contributed by atoms with Gasteiger partial charge in [0.2, 0.25) is 0 Å². The van der Waals surface area contributed by atoms with Gasteiger partial charge in [0.15, 0.2) is 0 Å². The highest BCUT2D eigenvalue weighted by atomic mass is 32.1. The summed E-state index contributed by atoms with van der Waals surface area (Å²) in [5.74, 6) is 0. The van der Waals surface area contributed by atoms with Crippen LogP contribution < -0.4 is 5.73 Å². The number of hydrogen-bond donors (Lipinski definition) is 2. The molecule has 2 nitrogen and oxygen atoms in total. The van der Waals surface area contributed by atoms with Gasteiger partial charge in [0.1, 0.15) is 0 Å². The quantitative estimate of drug-likeness (QED) is 0.793. The van der Waals surface area contributed by atoms with Gasteiger partial charge >= 0.3 is 0 Å². The Morgan fingerprint density at radius 3 is 2.79 bits per heavy atom. The molecule has 1 heterocycles. The third kappa shape index (κ3) is 1.43. The van der Waals surface area contributed by atoms with Gasteiger partial charge in [-0.05, 0) is 23.9 Å². The Hall–Kier alpha value is -0.900. The largest absolute Gasteiger partial charge is 0.394 e. The molecule has 0 unspecified atom stereocenters. The molecule has 3 heteroatoms. The van der Waals surface area contributed by atoms with E-state index in [2.05, 4.69) is 19.1 Å². The van der Waals surface area contributed by atoms with E-state index in [-0.39, 0.29) is 12.6 Å². The minimum absolute atomic E-state index is 0.00760. The number of nitrogens with two attached hydrogens (primary N) is 1. The second kappa shape index (κ2) is 3.69. The molecule has 14 heavy (non-hydrogen) atoms. The first kappa shape index (κ1) is 9.65. The van der Waals surface area contributed by atoms with Crippen molar-refractivity contribution in [2.75, 3.05) is 6.61 Å². The number of hydrogen-bond acceptors (Lipinski definition) is 3. The average molecular weight is 207 g/mol. The Balaban J connectivity index is 2.62. The monoisotopic (exact) mass is 207 g/mol. The molecule has 74 valence electrons. The summed E-state index contributed by atoms with van der Waals surface area (Å²) in [5.41, 5.74) is 7.02. The number of aliphatic hydroxyl groups is 1. The van der Waals surface area contributed by atoms with Crippen molar-refractivity contribution in [1.29, 1.82) is 0 Å². The summed E-state index contributed by atoms with van der Waals surface area (Å²) in [5, 5.41) is 10.3. The third-order valence-corrected chi connectivity index (χ3v) is 3.82. The van der Waals surface area contributed by atoms with Crippen LogP contribution in [0.1, 0.15) is 16.5 Å². The highest BCUT2D eigenvalue weighted by Gasteiger charge is 2.13. The molecule has 0 fully saturated rings. The van der Waals surface area contributed by atoms with Crippen LogP contribution in [0, 0.1) is 6.92 Å². The van der Waals surface area contributed by atoms with Gasteiger partial charge in [-0.2, -0.15) is 0 Å². The van der Waals surface area contributed by atoms with E-state index >= 15 is 0 Å². The molecule has 1 aromatic heterocycles. The van der Waals surface area contributed by atoms with E-state index in [0.717, 1.165) is 4.88 Å². The van der Waals surface area contributed by atoms with E-state index in [0.29, 0.717) is 0 Å². The summed E-state index contributed by atoms with van der Waals surface area (Å²) in [6, 6.07) is 7.98. The maximum Gasteiger partial charge on any atom is 0.0632 e. The molecule has 1 aromatic carbocycles. The van der Waals surface area contributed by atoms with Gasteiger partial charge in [-0.3, -0.25) is 0 Å². The lowest BCUT2D eigenvalue weighted by molar-refractivity contribution is 0.269. The Morgan fingerprint density at radius 2 is 2.14 bits per heavy atom. The van der Waals surface area contributed by atoms with Gasteiger partial charge in [-0.25, -0.2) is 0 Å². The van der Waals surface area contributed by atoms with Crippen molar-refractivity contribution >= 4 is 21.4 Å². The zero-order valence-corrected chi connectivity index (χ0v) is 8.84. The van der Waals surface area contributed by atoms with Crippen molar-refractivity contribution in [2.45, 2.75) is 13.0 Å². The van der Waals surface area contributed by atoms with Gasteiger partial charge in [0.05, 0.1) is 12.6 Å². The molecule has 3 N–H and O–H groups in total. The lowest BCUT2D eigenvalue weighted by Crippen LogP contribution is -2.13. The molecular formula is C11H13NOS. The minimum atomic E-state index is -0.243. The van der Waals surface area contributed by atoms with Crippen molar-refractivity contribution in [3.8, 4) is 0 Å². The van der Waals surface area contributed by atoms with E-state index in [1.807, 2.05) is 12.1 Å². The number of aliphatic hydroxyl groups excluding tert-OH is 1. The SMILES string of the molecule is Cc1c([C@H](N)CO)sc2ccccc12. The topological polar surface area (TPSA) is 46.2 Å². The van der Waals surface area contributed by atoms with Gasteiger partial charge in [0, 0.05) is 9.58 Å². The van der Waals surface area contributed by atoms with Gasteiger partial charge in [0.25, 0.3) is 0 Å². The second-order valence-corrected chi connectivity index (χ2v) is 4.46.